The van der Waals surface area contributed by atoms with Gasteiger partial charge in [-0.3, -0.25) is 23.3 Å². The van der Waals surface area contributed by atoms with Crippen LogP contribution in [0.2, 0.25) is 0 Å². The van der Waals surface area contributed by atoms with Gasteiger partial charge in [0, 0.05) is 33.6 Å². The Kier molecular flexibility index (Phi) is 6.30. The highest BCUT2D eigenvalue weighted by Crippen LogP contribution is 2.34. The molecule has 2 N–H and O–H groups in total. The number of fused-ring (bicyclic) bond motifs is 1. The van der Waals surface area contributed by atoms with E-state index in [4.69, 9.17) is 0 Å². The molecule has 4 aromatic rings. The van der Waals surface area contributed by atoms with Gasteiger partial charge in [-0.25, -0.2) is 9.18 Å². The van der Waals surface area contributed by atoms with E-state index in [0.29, 0.717) is 33.5 Å². The van der Waals surface area contributed by atoms with Gasteiger partial charge in [-0.1, -0.05) is 12.6 Å². The van der Waals surface area contributed by atoms with Crippen molar-refractivity contribution in [1.29, 1.82) is 0 Å². The number of rotatable bonds is 6. The molecule has 190 valence electrons. The van der Waals surface area contributed by atoms with Gasteiger partial charge in [0.15, 0.2) is 0 Å². The van der Waals surface area contributed by atoms with Crippen molar-refractivity contribution in [2.75, 3.05) is 10.6 Å². The van der Waals surface area contributed by atoms with Crippen molar-refractivity contribution >= 4 is 50.7 Å². The molecule has 2 heterocycles. The molecule has 0 atom stereocenters. The smallest absolute Gasteiger partial charge is 0.336 e. The van der Waals surface area contributed by atoms with Crippen molar-refractivity contribution in [3.8, 4) is 5.69 Å². The van der Waals surface area contributed by atoms with E-state index in [1.54, 1.807) is 37.3 Å². The van der Waals surface area contributed by atoms with Crippen LogP contribution in [-0.4, -0.2) is 13.7 Å². The van der Waals surface area contributed by atoms with Gasteiger partial charge in [0.05, 0.1) is 16.9 Å². The van der Waals surface area contributed by atoms with E-state index in [1.165, 1.54) is 26.8 Å². The second-order valence-corrected chi connectivity index (χ2v) is 10.5. The van der Waals surface area contributed by atoms with Crippen LogP contribution in [-0.2, 0) is 7.05 Å². The van der Waals surface area contributed by atoms with Crippen LogP contribution in [0, 0.1) is 16.3 Å². The number of hydrogen-bond donors (Lipinski definition) is 2. The van der Waals surface area contributed by atoms with E-state index in [2.05, 4.69) is 17.2 Å². The normalized spacial score (nSPS) is 13.1. The summed E-state index contributed by atoms with van der Waals surface area (Å²) in [5.74, 6) is -0.405. The Bertz CT molecular complexity index is 1780. The second-order valence-electron chi connectivity index (χ2n) is 9.29. The molecule has 2 aromatic heterocycles. The van der Waals surface area contributed by atoms with Crippen LogP contribution >= 0.6 is 22.6 Å². The number of hydrogen-bond acceptors (Lipinski definition) is 5. The van der Waals surface area contributed by atoms with Gasteiger partial charge in [-0.05, 0) is 85.7 Å². The summed E-state index contributed by atoms with van der Waals surface area (Å²) < 4.78 is 19.5. The molecular weight excluding hydrogens is 588 g/mol. The van der Waals surface area contributed by atoms with Crippen LogP contribution in [0.1, 0.15) is 31.4 Å². The summed E-state index contributed by atoms with van der Waals surface area (Å²) in [6.07, 6.45) is 1.41. The summed E-state index contributed by atoms with van der Waals surface area (Å²) in [6.45, 7) is 7.27. The average molecular weight is 613 g/mol. The fourth-order valence-electron chi connectivity index (χ4n) is 4.54. The molecule has 0 radical (unpaired) electrons. The molecule has 1 aliphatic rings. The van der Waals surface area contributed by atoms with E-state index in [9.17, 15) is 18.8 Å². The number of nitrogens with one attached hydrogen (secondary N) is 2. The van der Waals surface area contributed by atoms with E-state index < -0.39 is 22.6 Å². The number of allylic oxidation sites excluding steroid dienone is 1. The first-order valence-electron chi connectivity index (χ1n) is 11.7. The third kappa shape index (κ3) is 4.39. The van der Waals surface area contributed by atoms with Crippen molar-refractivity contribution in [1.82, 2.24) is 13.7 Å². The molecule has 0 bridgehead atoms. The number of halogens is 2. The average Bonchev–Trinajstić information content (AvgIpc) is 3.67. The highest BCUT2D eigenvalue weighted by Gasteiger charge is 2.31. The fraction of sp³-hybridized carbons (Fsp3) is 0.222. The molecule has 1 saturated carbocycles. The Morgan fingerprint density at radius 3 is 2.49 bits per heavy atom. The van der Waals surface area contributed by atoms with Gasteiger partial charge in [-0.15, -0.1) is 0 Å². The maximum Gasteiger partial charge on any atom is 0.336 e. The molecular formula is C27H25FIN5O3. The fourth-order valence-corrected chi connectivity index (χ4v) is 5.00. The molecule has 2 aromatic carbocycles. The lowest BCUT2D eigenvalue weighted by Gasteiger charge is -2.21. The summed E-state index contributed by atoms with van der Waals surface area (Å²) in [7, 11) is 1.52. The molecule has 10 heteroatoms. The predicted molar refractivity (Wildman–Crippen MR) is 153 cm³/mol. The second kappa shape index (κ2) is 9.33. The van der Waals surface area contributed by atoms with E-state index in [1.807, 2.05) is 35.6 Å². The highest BCUT2D eigenvalue weighted by molar-refractivity contribution is 14.1. The third-order valence-corrected chi connectivity index (χ3v) is 7.07. The minimum Gasteiger partial charge on any atom is -0.360 e. The number of aryl methyl sites for hydroxylation is 1. The summed E-state index contributed by atoms with van der Waals surface area (Å²) in [5, 5.41) is 6.25. The maximum absolute atomic E-state index is 14.8. The summed E-state index contributed by atoms with van der Waals surface area (Å²) in [6, 6.07) is 11.5. The Labute approximate surface area is 225 Å². The number of anilines is 3. The molecule has 0 spiro atoms. The van der Waals surface area contributed by atoms with Crippen LogP contribution in [0.25, 0.3) is 16.6 Å². The van der Waals surface area contributed by atoms with Gasteiger partial charge in [0.1, 0.15) is 17.0 Å². The Morgan fingerprint density at radius 1 is 1.11 bits per heavy atom. The molecule has 0 saturated heterocycles. The Balaban J connectivity index is 1.90. The number of aromatic nitrogens is 3. The first kappa shape index (κ1) is 25.0. The van der Waals surface area contributed by atoms with Gasteiger partial charge in [0.2, 0.25) is 0 Å². The van der Waals surface area contributed by atoms with Gasteiger partial charge < -0.3 is 10.6 Å². The summed E-state index contributed by atoms with van der Waals surface area (Å²) in [5.41, 5.74) is 1.01. The molecule has 8 nitrogen and oxygen atoms in total. The minimum absolute atomic E-state index is 0.114. The third-order valence-electron chi connectivity index (χ3n) is 6.40. The molecule has 1 aliphatic carbocycles. The lowest BCUT2D eigenvalue weighted by atomic mass is 10.1. The molecule has 0 aliphatic heterocycles. The van der Waals surface area contributed by atoms with E-state index in [-0.39, 0.29) is 34.0 Å². The van der Waals surface area contributed by atoms with Crippen molar-refractivity contribution < 1.29 is 4.39 Å². The topological polar surface area (TPSA) is 90.1 Å². The molecule has 5 rings (SSSR count). The first-order chi connectivity index (χ1) is 17.6. The van der Waals surface area contributed by atoms with Gasteiger partial charge in [0.25, 0.3) is 11.1 Å². The highest BCUT2D eigenvalue weighted by atomic mass is 127. The van der Waals surface area contributed by atoms with Crippen LogP contribution < -0.4 is 27.4 Å². The molecule has 37 heavy (non-hydrogen) atoms. The van der Waals surface area contributed by atoms with Gasteiger partial charge >= 0.3 is 5.69 Å². The van der Waals surface area contributed by atoms with Crippen LogP contribution in [0.4, 0.5) is 21.6 Å². The SMILES string of the molecule is C=C(C)Nc1cccc(-n2c(=O)n(C3CC3)c(=O)c3c(Nc4ccc(I)cc4F)n(C)c(=O)c(C)c32)c1. The van der Waals surface area contributed by atoms with E-state index in [0.717, 1.165) is 0 Å². The minimum atomic E-state index is -0.525. The number of nitrogens with zero attached hydrogens (tertiary/aromatic N) is 3. The summed E-state index contributed by atoms with van der Waals surface area (Å²) in [4.78, 5) is 41.1. The molecule has 0 unspecified atom stereocenters. The zero-order valence-corrected chi connectivity index (χ0v) is 22.7. The molecule has 0 amide bonds. The standard InChI is InChI=1S/C27H25FIN5O3/c1-14(2)30-17-6-5-7-19(13-17)33-23-15(3)25(35)32(4)24(31-21-11-8-16(29)12-20(21)28)22(23)26(36)34(27(33)37)18-9-10-18/h5-8,11-13,18,30-31H,1,9-10H2,2-4H3. The zero-order valence-electron chi connectivity index (χ0n) is 20.6. The van der Waals surface area contributed by atoms with Crippen molar-refractivity contribution in [3.63, 3.8) is 0 Å². The van der Waals surface area contributed by atoms with Crippen molar-refractivity contribution in [2.24, 2.45) is 7.05 Å². The van der Waals surface area contributed by atoms with Crippen molar-refractivity contribution in [3.05, 3.63) is 101 Å². The number of pyridine rings is 1. The zero-order chi connectivity index (χ0) is 26.6. The monoisotopic (exact) mass is 613 g/mol. The largest absolute Gasteiger partial charge is 0.360 e. The first-order valence-corrected chi connectivity index (χ1v) is 12.8. The predicted octanol–water partition coefficient (Wildman–Crippen LogP) is 4.93. The number of benzene rings is 2. The Morgan fingerprint density at radius 2 is 1.84 bits per heavy atom. The maximum atomic E-state index is 14.8. The van der Waals surface area contributed by atoms with Crippen molar-refractivity contribution in [2.45, 2.75) is 32.7 Å². The van der Waals surface area contributed by atoms with Gasteiger partial charge in [-0.2, -0.15) is 0 Å². The van der Waals surface area contributed by atoms with Crippen LogP contribution in [0.3, 0.4) is 0 Å². The quantitative estimate of drug-likeness (QED) is 0.302. The Hall–Kier alpha value is -3.67. The van der Waals surface area contributed by atoms with E-state index >= 15 is 0 Å². The summed E-state index contributed by atoms with van der Waals surface area (Å²) >= 11 is 2.01. The lowest BCUT2D eigenvalue weighted by Crippen LogP contribution is -2.41. The van der Waals surface area contributed by atoms with Crippen LogP contribution in [0.15, 0.2) is 69.1 Å². The van der Waals surface area contributed by atoms with Crippen LogP contribution in [0.5, 0.6) is 0 Å². The molecule has 1 fully saturated rings. The lowest BCUT2D eigenvalue weighted by molar-refractivity contribution is 0.630.